The third kappa shape index (κ3) is 3.02. The Morgan fingerprint density at radius 3 is 1.43 bits per heavy atom. The third-order valence-electron chi connectivity index (χ3n) is 1.22. The maximum Gasteiger partial charge on any atom is 0.166 e. The molecule has 0 spiro atoms. The van der Waals surface area contributed by atoms with Gasteiger partial charge in [-0.05, 0) is 13.1 Å². The van der Waals surface area contributed by atoms with E-state index in [1.165, 1.54) is 0 Å². The van der Waals surface area contributed by atoms with E-state index in [1.54, 1.807) is 0 Å². The second-order valence-corrected chi connectivity index (χ2v) is 14.3. The lowest BCUT2D eigenvalue weighted by Crippen LogP contribution is -2.41. The highest BCUT2D eigenvalue weighted by atomic mass is 29.2. The molecule has 0 aromatic heterocycles. The lowest BCUT2D eigenvalue weighted by atomic mass is 11.9. The van der Waals surface area contributed by atoms with Gasteiger partial charge in [0.2, 0.25) is 0 Å². The van der Waals surface area contributed by atoms with Crippen LogP contribution in [0.25, 0.3) is 0 Å². The Morgan fingerprint density at radius 2 is 1.43 bits per heavy atom. The Hall–Kier alpha value is 0.394. The van der Waals surface area contributed by atoms with Crippen molar-refractivity contribution in [2.45, 2.75) is 26.2 Å². The molecule has 0 heterocycles. The minimum absolute atomic E-state index is 0.356. The molecule has 1 N–H and O–H groups in total. The van der Waals surface area contributed by atoms with Gasteiger partial charge in [0.15, 0.2) is 7.83 Å². The van der Waals surface area contributed by atoms with Crippen LogP contribution in [0.1, 0.15) is 0 Å². The Balaban J connectivity index is 3.54. The third-order valence-corrected chi connectivity index (χ3v) is 11.0. The topological polar surface area (TPSA) is 20.2 Å². The molecule has 7 heavy (non-hydrogen) atoms. The number of rotatable bonds is 1. The molecule has 0 aliphatic carbocycles. The molecule has 0 bridgehead atoms. The molecule has 3 heteroatoms. The van der Waals surface area contributed by atoms with E-state index < -0.39 is 7.83 Å². The first-order valence-corrected chi connectivity index (χ1v) is 8.92. The molecule has 43 valence electrons. The van der Waals surface area contributed by atoms with E-state index in [2.05, 4.69) is 13.1 Å². The van der Waals surface area contributed by atoms with Gasteiger partial charge in [0.25, 0.3) is 0 Å². The molecule has 0 fully saturated rings. The van der Waals surface area contributed by atoms with Gasteiger partial charge in [-0.1, -0.05) is 13.1 Å². The van der Waals surface area contributed by atoms with Crippen LogP contribution in [0.4, 0.5) is 0 Å². The fourth-order valence-corrected chi connectivity index (χ4v) is 0. The van der Waals surface area contributed by atoms with Gasteiger partial charge in [-0.25, -0.2) is 0 Å². The Labute approximate surface area is 47.9 Å². The predicted molar refractivity (Wildman–Crippen MR) is 37.2 cm³/mol. The van der Waals surface area contributed by atoms with Crippen molar-refractivity contribution in [3.8, 4) is 0 Å². The molecule has 0 saturated carbocycles. The molecule has 1 nitrogen and oxygen atoms in total. The Kier molecular flexibility index (Phi) is 2.23. The van der Waals surface area contributed by atoms with Crippen LogP contribution in [0.5, 0.6) is 0 Å². The summed E-state index contributed by atoms with van der Waals surface area (Å²) in [6, 6.07) is 0. The van der Waals surface area contributed by atoms with Crippen LogP contribution < -0.4 is 0 Å². The van der Waals surface area contributed by atoms with Crippen LogP contribution >= 0.6 is 0 Å². The molecular weight excluding hydrogens is 120 g/mol. The van der Waals surface area contributed by atoms with Crippen molar-refractivity contribution in [2.24, 2.45) is 0 Å². The van der Waals surface area contributed by atoms with Gasteiger partial charge >= 0.3 is 0 Å². The van der Waals surface area contributed by atoms with Gasteiger partial charge in [0, 0.05) is 0 Å². The first kappa shape index (κ1) is 7.39. The summed E-state index contributed by atoms with van der Waals surface area (Å²) < 4.78 is 0. The van der Waals surface area contributed by atoms with Crippen molar-refractivity contribution in [3.63, 3.8) is 0 Å². The molecule has 0 atom stereocenters. The highest BCUT2D eigenvalue weighted by molar-refractivity contribution is 7.27. The van der Waals surface area contributed by atoms with Gasteiger partial charge in [-0.2, -0.15) is 0 Å². The number of hydrogen-bond donors (Lipinski definition) is 1. The van der Waals surface area contributed by atoms with E-state index >= 15 is 0 Å². The normalized spacial score (nSPS) is 12.9. The van der Waals surface area contributed by atoms with Crippen LogP contribution in [0, 0.1) is 0 Å². The zero-order chi connectivity index (χ0) is 6.08. The van der Waals surface area contributed by atoms with Crippen molar-refractivity contribution in [2.75, 3.05) is 0 Å². The van der Waals surface area contributed by atoms with Crippen LogP contribution in [0.3, 0.4) is 0 Å². The van der Waals surface area contributed by atoms with Gasteiger partial charge in [0.1, 0.15) is 0 Å². The van der Waals surface area contributed by atoms with Crippen LogP contribution in [0.15, 0.2) is 0 Å². The second kappa shape index (κ2) is 2.11. The van der Waals surface area contributed by atoms with Crippen LogP contribution in [-0.4, -0.2) is 20.9 Å². The van der Waals surface area contributed by atoms with Gasteiger partial charge < -0.3 is 4.80 Å². The van der Waals surface area contributed by atoms with Gasteiger partial charge in [-0.15, -0.1) is 0 Å². The fraction of sp³-hybridized carbons (Fsp3) is 1.00. The summed E-state index contributed by atoms with van der Waals surface area (Å²) in [5, 5.41) is 0. The summed E-state index contributed by atoms with van der Waals surface area (Å²) in [5.74, 6) is 0. The van der Waals surface area contributed by atoms with Crippen LogP contribution in [-0.2, 0) is 0 Å². The fourth-order valence-electron chi connectivity index (χ4n) is 0. The summed E-state index contributed by atoms with van der Waals surface area (Å²) in [5.41, 5.74) is 0. The highest BCUT2D eigenvalue weighted by Crippen LogP contribution is 1.99. The summed E-state index contributed by atoms with van der Waals surface area (Å²) in [7, 11) is -1.99. The van der Waals surface area contributed by atoms with Crippen molar-refractivity contribution >= 4 is 16.1 Å². The largest absolute Gasteiger partial charge is 0.435 e. The summed E-state index contributed by atoms with van der Waals surface area (Å²) in [6.07, 6.45) is 0. The summed E-state index contributed by atoms with van der Waals surface area (Å²) in [4.78, 5) is 9.28. The molecule has 0 saturated heterocycles. The highest BCUT2D eigenvalue weighted by Gasteiger charge is 2.22. The molecule has 0 unspecified atom stereocenters. The van der Waals surface area contributed by atoms with Crippen molar-refractivity contribution in [1.29, 1.82) is 0 Å². The molecule has 0 rings (SSSR count). The lowest BCUT2D eigenvalue weighted by Gasteiger charge is -2.15. The smallest absolute Gasteiger partial charge is 0.166 e. The zero-order valence-corrected chi connectivity index (χ0v) is 7.45. The molecule has 0 aliphatic heterocycles. The SMILES string of the molecule is C[Si](C)[Si](C)(C)O. The van der Waals surface area contributed by atoms with E-state index in [9.17, 15) is 4.80 Å². The first-order chi connectivity index (χ1) is 2.94. The minimum Gasteiger partial charge on any atom is -0.435 e. The first-order valence-electron chi connectivity index (χ1n) is 2.47. The molecule has 0 amide bonds. The summed E-state index contributed by atoms with van der Waals surface area (Å²) >= 11 is 0. The minimum atomic E-state index is -1.63. The van der Waals surface area contributed by atoms with Crippen molar-refractivity contribution in [3.05, 3.63) is 0 Å². The maximum absolute atomic E-state index is 9.28. The standard InChI is InChI=1S/C4H13OSi2/c1-6(2)7(3,4)5/h5H,1-4H3. The molecular formula is C4H13OSi2. The van der Waals surface area contributed by atoms with E-state index in [0.29, 0.717) is 0 Å². The van der Waals surface area contributed by atoms with Gasteiger partial charge in [0.05, 0.1) is 8.31 Å². The monoisotopic (exact) mass is 133 g/mol. The van der Waals surface area contributed by atoms with E-state index in [1.807, 2.05) is 13.1 Å². The molecule has 1 radical (unpaired) electrons. The van der Waals surface area contributed by atoms with E-state index in [-0.39, 0.29) is 8.31 Å². The quantitative estimate of drug-likeness (QED) is 0.529. The average molecular weight is 133 g/mol. The second-order valence-electron chi connectivity index (χ2n) is 2.56. The van der Waals surface area contributed by atoms with E-state index in [0.717, 1.165) is 0 Å². The van der Waals surface area contributed by atoms with Crippen molar-refractivity contribution < 1.29 is 4.80 Å². The van der Waals surface area contributed by atoms with Gasteiger partial charge in [-0.3, -0.25) is 0 Å². The maximum atomic E-state index is 9.28. The predicted octanol–water partition coefficient (Wildman–Crippen LogP) is 1.02. The Bertz CT molecular complexity index is 55.2. The average Bonchev–Trinajstić information content (AvgIpc) is 1.31. The molecule has 0 aliphatic rings. The zero-order valence-electron chi connectivity index (χ0n) is 5.45. The lowest BCUT2D eigenvalue weighted by molar-refractivity contribution is 0.574. The van der Waals surface area contributed by atoms with Crippen molar-refractivity contribution in [1.82, 2.24) is 0 Å². The number of hydrogen-bond acceptors (Lipinski definition) is 1. The van der Waals surface area contributed by atoms with Crippen LogP contribution in [0.2, 0.25) is 26.2 Å². The summed E-state index contributed by atoms with van der Waals surface area (Å²) in [6.45, 7) is 8.33. The molecule has 0 aromatic rings. The van der Waals surface area contributed by atoms with E-state index in [4.69, 9.17) is 0 Å². The Morgan fingerprint density at radius 1 is 1.29 bits per heavy atom. The molecule has 0 aromatic carbocycles.